The second-order valence-electron chi connectivity index (χ2n) is 5.22. The summed E-state index contributed by atoms with van der Waals surface area (Å²) in [4.78, 5) is 12.3. The molecule has 1 aromatic rings. The van der Waals surface area contributed by atoms with Crippen LogP contribution >= 0.6 is 0 Å². The summed E-state index contributed by atoms with van der Waals surface area (Å²) in [5.41, 5.74) is 5.96. The molecule has 1 rings (SSSR count). The van der Waals surface area contributed by atoms with Crippen LogP contribution < -0.4 is 15.8 Å². The smallest absolute Gasteiger partial charge is 0.251 e. The normalized spacial score (nSPS) is 12.6. The first kappa shape index (κ1) is 19.3. The van der Waals surface area contributed by atoms with Crippen LogP contribution in [-0.2, 0) is 10.0 Å². The number of carbonyl (C=O) groups is 1. The Morgan fingerprint density at radius 1 is 1.43 bits per heavy atom. The van der Waals surface area contributed by atoms with Gasteiger partial charge in [-0.3, -0.25) is 4.79 Å². The number of unbranched alkanes of at least 4 members (excludes halogenated alkanes) is 1. The van der Waals surface area contributed by atoms with Gasteiger partial charge < -0.3 is 11.1 Å². The first-order chi connectivity index (χ1) is 10.9. The molecule has 23 heavy (non-hydrogen) atoms. The number of carbonyl (C=O) groups excluding carboxylic acids is 1. The minimum Gasteiger partial charge on any atom is -0.348 e. The zero-order chi connectivity index (χ0) is 17.3. The summed E-state index contributed by atoms with van der Waals surface area (Å²) in [6.45, 7) is 6.02. The first-order valence-electron chi connectivity index (χ1n) is 7.66. The van der Waals surface area contributed by atoms with E-state index in [1.807, 2.05) is 0 Å². The van der Waals surface area contributed by atoms with Crippen molar-refractivity contribution in [1.82, 2.24) is 10.0 Å². The maximum atomic E-state index is 12.3. The molecule has 6 nitrogen and oxygen atoms in total. The zero-order valence-electron chi connectivity index (χ0n) is 13.4. The van der Waals surface area contributed by atoms with Crippen molar-refractivity contribution < 1.29 is 13.2 Å². The Bertz CT molecular complexity index is 629. The Hall–Kier alpha value is -1.70. The largest absolute Gasteiger partial charge is 0.348 e. The summed E-state index contributed by atoms with van der Waals surface area (Å²) < 4.78 is 26.5. The van der Waals surface area contributed by atoms with E-state index >= 15 is 0 Å². The molecule has 0 saturated heterocycles. The number of hydrogen-bond acceptors (Lipinski definition) is 4. The van der Waals surface area contributed by atoms with E-state index < -0.39 is 10.0 Å². The highest BCUT2D eigenvalue weighted by Gasteiger charge is 2.17. The molecule has 1 amide bonds. The molecular weight excluding hydrogens is 314 g/mol. The van der Waals surface area contributed by atoms with Crippen molar-refractivity contribution in [1.29, 1.82) is 0 Å². The standard InChI is InChI=1S/C16H25N3O3S/c1-3-5-8-14(12-17)19-16(20)13-7-6-9-15(11-13)23(21,22)18-10-4-2/h4,6-7,9,11,14,18H,2-3,5,8,10,12,17H2,1H3,(H,19,20). The number of nitrogens with two attached hydrogens (primary N) is 1. The molecule has 1 unspecified atom stereocenters. The Balaban J connectivity index is 2.86. The van der Waals surface area contributed by atoms with Crippen molar-refractivity contribution in [2.45, 2.75) is 37.1 Å². The average Bonchev–Trinajstić information content (AvgIpc) is 2.56. The highest BCUT2D eigenvalue weighted by atomic mass is 32.2. The number of nitrogens with one attached hydrogen (secondary N) is 2. The van der Waals surface area contributed by atoms with E-state index in [9.17, 15) is 13.2 Å². The average molecular weight is 339 g/mol. The molecule has 128 valence electrons. The summed E-state index contributed by atoms with van der Waals surface area (Å²) >= 11 is 0. The second-order valence-corrected chi connectivity index (χ2v) is 6.98. The molecule has 0 heterocycles. The van der Waals surface area contributed by atoms with Gasteiger partial charge in [0.2, 0.25) is 10.0 Å². The maximum absolute atomic E-state index is 12.3. The lowest BCUT2D eigenvalue weighted by Gasteiger charge is -2.16. The molecule has 0 aliphatic carbocycles. The molecule has 4 N–H and O–H groups in total. The van der Waals surface area contributed by atoms with Gasteiger partial charge in [-0.2, -0.15) is 0 Å². The number of rotatable bonds is 10. The predicted octanol–water partition coefficient (Wildman–Crippen LogP) is 1.40. The Morgan fingerprint density at radius 2 is 2.17 bits per heavy atom. The van der Waals surface area contributed by atoms with Crippen LogP contribution in [-0.4, -0.2) is 33.5 Å². The summed E-state index contributed by atoms with van der Waals surface area (Å²) in [6, 6.07) is 5.81. The van der Waals surface area contributed by atoms with Crippen LogP contribution in [0.2, 0.25) is 0 Å². The predicted molar refractivity (Wildman–Crippen MR) is 91.7 cm³/mol. The molecule has 0 spiro atoms. The molecule has 0 aliphatic rings. The van der Waals surface area contributed by atoms with Gasteiger partial charge in [-0.25, -0.2) is 13.1 Å². The van der Waals surface area contributed by atoms with E-state index in [1.54, 1.807) is 12.1 Å². The van der Waals surface area contributed by atoms with E-state index in [0.717, 1.165) is 19.3 Å². The lowest BCUT2D eigenvalue weighted by molar-refractivity contribution is 0.0935. The van der Waals surface area contributed by atoms with E-state index in [4.69, 9.17) is 5.73 Å². The SMILES string of the molecule is C=CCNS(=O)(=O)c1cccc(C(=O)NC(CN)CCCC)c1. The highest BCUT2D eigenvalue weighted by molar-refractivity contribution is 7.89. The Kier molecular flexibility index (Phi) is 7.94. The summed E-state index contributed by atoms with van der Waals surface area (Å²) in [7, 11) is -3.65. The Morgan fingerprint density at radius 3 is 2.78 bits per heavy atom. The fourth-order valence-corrected chi connectivity index (χ4v) is 3.07. The van der Waals surface area contributed by atoms with Gasteiger partial charge in [0.1, 0.15) is 0 Å². The summed E-state index contributed by atoms with van der Waals surface area (Å²) in [6.07, 6.45) is 4.25. The van der Waals surface area contributed by atoms with Crippen molar-refractivity contribution in [2.75, 3.05) is 13.1 Å². The topological polar surface area (TPSA) is 101 Å². The molecule has 0 saturated carbocycles. The highest BCUT2D eigenvalue weighted by Crippen LogP contribution is 2.12. The van der Waals surface area contributed by atoms with Crippen molar-refractivity contribution in [3.05, 3.63) is 42.5 Å². The van der Waals surface area contributed by atoms with Crippen molar-refractivity contribution in [3.63, 3.8) is 0 Å². The van der Waals surface area contributed by atoms with Crippen LogP contribution in [0.25, 0.3) is 0 Å². The van der Waals surface area contributed by atoms with E-state index in [0.29, 0.717) is 12.1 Å². The van der Waals surface area contributed by atoms with Gasteiger partial charge in [-0.15, -0.1) is 6.58 Å². The fraction of sp³-hybridized carbons (Fsp3) is 0.438. The van der Waals surface area contributed by atoms with Gasteiger partial charge in [0.05, 0.1) is 4.90 Å². The second kappa shape index (κ2) is 9.44. The lowest BCUT2D eigenvalue weighted by Crippen LogP contribution is -2.40. The fourth-order valence-electron chi connectivity index (χ4n) is 2.02. The molecule has 0 aliphatic heterocycles. The third-order valence-electron chi connectivity index (χ3n) is 3.35. The van der Waals surface area contributed by atoms with Gasteiger partial charge in [-0.1, -0.05) is 31.9 Å². The van der Waals surface area contributed by atoms with Crippen molar-refractivity contribution >= 4 is 15.9 Å². The monoisotopic (exact) mass is 339 g/mol. The maximum Gasteiger partial charge on any atom is 0.251 e. The number of hydrogen-bond donors (Lipinski definition) is 3. The molecule has 1 atom stereocenters. The third-order valence-corrected chi connectivity index (χ3v) is 4.77. The quantitative estimate of drug-likeness (QED) is 0.561. The summed E-state index contributed by atoms with van der Waals surface area (Å²) in [5, 5.41) is 2.84. The number of amides is 1. The molecule has 1 aromatic carbocycles. The third kappa shape index (κ3) is 6.13. The molecular formula is C16H25N3O3S. The van der Waals surface area contributed by atoms with Crippen LogP contribution in [0.1, 0.15) is 36.5 Å². The van der Waals surface area contributed by atoms with Gasteiger partial charge in [-0.05, 0) is 24.6 Å². The van der Waals surface area contributed by atoms with Gasteiger partial charge >= 0.3 is 0 Å². The summed E-state index contributed by atoms with van der Waals surface area (Å²) in [5.74, 6) is -0.322. The van der Waals surface area contributed by atoms with Crippen LogP contribution in [0.15, 0.2) is 41.8 Å². The van der Waals surface area contributed by atoms with Crippen LogP contribution in [0.4, 0.5) is 0 Å². The molecule has 0 fully saturated rings. The van der Waals surface area contributed by atoms with Crippen LogP contribution in [0, 0.1) is 0 Å². The van der Waals surface area contributed by atoms with Crippen molar-refractivity contribution in [2.24, 2.45) is 5.73 Å². The zero-order valence-corrected chi connectivity index (χ0v) is 14.2. The first-order valence-corrected chi connectivity index (χ1v) is 9.14. The van der Waals surface area contributed by atoms with Gasteiger partial charge in [0.15, 0.2) is 0 Å². The molecule has 7 heteroatoms. The lowest BCUT2D eigenvalue weighted by atomic mass is 10.1. The number of benzene rings is 1. The van der Waals surface area contributed by atoms with Crippen molar-refractivity contribution in [3.8, 4) is 0 Å². The van der Waals surface area contributed by atoms with E-state index in [-0.39, 0.29) is 23.4 Å². The minimum atomic E-state index is -3.65. The van der Waals surface area contributed by atoms with Gasteiger partial charge in [0, 0.05) is 24.7 Å². The van der Waals surface area contributed by atoms with Crippen LogP contribution in [0.3, 0.4) is 0 Å². The minimum absolute atomic E-state index is 0.0462. The van der Waals surface area contributed by atoms with E-state index in [2.05, 4.69) is 23.5 Å². The molecule has 0 aromatic heterocycles. The number of sulfonamides is 1. The Labute approximate surface area is 138 Å². The van der Waals surface area contributed by atoms with E-state index in [1.165, 1.54) is 18.2 Å². The van der Waals surface area contributed by atoms with Crippen LogP contribution in [0.5, 0.6) is 0 Å². The van der Waals surface area contributed by atoms with Gasteiger partial charge in [0.25, 0.3) is 5.91 Å². The molecule has 0 radical (unpaired) electrons. The molecule has 0 bridgehead atoms.